The number of rotatable bonds is 14. The Balaban J connectivity index is 2.06. The lowest BCUT2D eigenvalue weighted by molar-refractivity contribution is -0.118. The summed E-state index contributed by atoms with van der Waals surface area (Å²) in [7, 11) is 0. The Kier molecular flexibility index (Phi) is 11.6. The van der Waals surface area contributed by atoms with Gasteiger partial charge in [-0.1, -0.05) is 89.5 Å². The molecule has 1 nitrogen and oxygen atoms in total. The number of unbranched alkanes of at least 4 members (excludes halogenated alkanes) is 8. The first-order valence-electron chi connectivity index (χ1n) is 9.85. The number of aryl methyl sites for hydroxylation is 2. The van der Waals surface area contributed by atoms with Gasteiger partial charge in [0.1, 0.15) is 5.78 Å². The second kappa shape index (κ2) is 13.3. The second-order valence-corrected chi connectivity index (χ2v) is 6.79. The van der Waals surface area contributed by atoms with Crippen LogP contribution in [-0.4, -0.2) is 5.78 Å². The van der Waals surface area contributed by atoms with Gasteiger partial charge in [0, 0.05) is 12.8 Å². The molecule has 0 N–H and O–H groups in total. The first-order valence-corrected chi connectivity index (χ1v) is 9.85. The lowest BCUT2D eigenvalue weighted by Crippen LogP contribution is -1.97. The highest BCUT2D eigenvalue weighted by Crippen LogP contribution is 2.13. The quantitative estimate of drug-likeness (QED) is 0.350. The number of hydrogen-bond donors (Lipinski definition) is 0. The summed E-state index contributed by atoms with van der Waals surface area (Å²) >= 11 is 0. The maximum atomic E-state index is 11.4. The molecular weight excluding hydrogens is 280 g/mol. The van der Waals surface area contributed by atoms with E-state index in [9.17, 15) is 4.79 Å². The molecule has 0 saturated carbocycles. The Morgan fingerprint density at radius 1 is 0.696 bits per heavy atom. The molecule has 0 aliphatic carbocycles. The molecule has 0 aliphatic rings. The lowest BCUT2D eigenvalue weighted by Gasteiger charge is -2.05. The van der Waals surface area contributed by atoms with Crippen molar-refractivity contribution in [1.29, 1.82) is 0 Å². The highest BCUT2D eigenvalue weighted by atomic mass is 16.1. The van der Waals surface area contributed by atoms with Crippen LogP contribution in [0.3, 0.4) is 0 Å². The zero-order valence-corrected chi connectivity index (χ0v) is 15.4. The molecule has 1 aromatic carbocycles. The molecule has 0 bridgehead atoms. The number of ketones is 1. The summed E-state index contributed by atoms with van der Waals surface area (Å²) in [6, 6.07) is 8.89. The van der Waals surface area contributed by atoms with Crippen molar-refractivity contribution < 1.29 is 4.79 Å². The van der Waals surface area contributed by atoms with Crippen molar-refractivity contribution in [3.8, 4) is 0 Å². The van der Waals surface area contributed by atoms with Gasteiger partial charge >= 0.3 is 0 Å². The molecule has 1 heteroatoms. The summed E-state index contributed by atoms with van der Waals surface area (Å²) in [6.45, 7) is 4.22. The van der Waals surface area contributed by atoms with Crippen LogP contribution < -0.4 is 0 Å². The van der Waals surface area contributed by atoms with Crippen LogP contribution in [0.1, 0.15) is 95.6 Å². The third-order valence-corrected chi connectivity index (χ3v) is 4.68. The van der Waals surface area contributed by atoms with E-state index in [4.69, 9.17) is 0 Å². The molecule has 0 amide bonds. The Labute approximate surface area is 143 Å². The predicted molar refractivity (Wildman–Crippen MR) is 101 cm³/mol. The van der Waals surface area contributed by atoms with Crippen molar-refractivity contribution in [1.82, 2.24) is 0 Å². The van der Waals surface area contributed by atoms with Gasteiger partial charge in [0.15, 0.2) is 0 Å². The molecule has 0 saturated heterocycles. The SMILES string of the molecule is CCCCCCCCCCCc1ccc(CCC(=O)CC)cc1. The van der Waals surface area contributed by atoms with Gasteiger partial charge in [0.25, 0.3) is 0 Å². The molecule has 0 atom stereocenters. The molecule has 0 fully saturated rings. The van der Waals surface area contributed by atoms with Gasteiger partial charge in [-0.15, -0.1) is 0 Å². The van der Waals surface area contributed by atoms with Gasteiger partial charge in [-0.3, -0.25) is 4.79 Å². The number of Topliss-reactive ketones (excluding diaryl/α,β-unsaturated/α-hetero) is 1. The normalized spacial score (nSPS) is 10.9. The Morgan fingerprint density at radius 3 is 1.70 bits per heavy atom. The molecular formula is C22H36O. The van der Waals surface area contributed by atoms with E-state index in [2.05, 4.69) is 31.2 Å². The van der Waals surface area contributed by atoms with Gasteiger partial charge in [-0.2, -0.15) is 0 Å². The van der Waals surface area contributed by atoms with E-state index in [1.807, 2.05) is 6.92 Å². The first-order chi connectivity index (χ1) is 11.3. The summed E-state index contributed by atoms with van der Waals surface area (Å²) in [5.74, 6) is 0.365. The van der Waals surface area contributed by atoms with E-state index in [0.29, 0.717) is 18.6 Å². The van der Waals surface area contributed by atoms with Crippen LogP contribution in [0.2, 0.25) is 0 Å². The smallest absolute Gasteiger partial charge is 0.132 e. The zero-order valence-electron chi connectivity index (χ0n) is 15.4. The second-order valence-electron chi connectivity index (χ2n) is 6.79. The van der Waals surface area contributed by atoms with Crippen molar-refractivity contribution in [3.05, 3.63) is 35.4 Å². The van der Waals surface area contributed by atoms with Crippen LogP contribution in [0.15, 0.2) is 24.3 Å². The number of carbonyl (C=O) groups is 1. The monoisotopic (exact) mass is 316 g/mol. The van der Waals surface area contributed by atoms with E-state index < -0.39 is 0 Å². The van der Waals surface area contributed by atoms with Crippen molar-refractivity contribution in [2.45, 2.75) is 97.3 Å². The summed E-state index contributed by atoms with van der Waals surface area (Å²) < 4.78 is 0. The van der Waals surface area contributed by atoms with Crippen LogP contribution in [0.5, 0.6) is 0 Å². The van der Waals surface area contributed by atoms with E-state index in [-0.39, 0.29) is 0 Å². The van der Waals surface area contributed by atoms with Crippen molar-refractivity contribution >= 4 is 5.78 Å². The largest absolute Gasteiger partial charge is 0.300 e. The van der Waals surface area contributed by atoms with Gasteiger partial charge < -0.3 is 0 Å². The molecule has 0 spiro atoms. The fourth-order valence-corrected chi connectivity index (χ4v) is 2.97. The Hall–Kier alpha value is -1.11. The van der Waals surface area contributed by atoms with Crippen molar-refractivity contribution in [3.63, 3.8) is 0 Å². The summed E-state index contributed by atoms with van der Waals surface area (Å²) in [5.41, 5.74) is 2.74. The summed E-state index contributed by atoms with van der Waals surface area (Å²) in [4.78, 5) is 11.4. The summed E-state index contributed by atoms with van der Waals surface area (Å²) in [5, 5.41) is 0. The molecule has 1 rings (SSSR count). The molecule has 0 unspecified atom stereocenters. The Bertz CT molecular complexity index is 404. The fourth-order valence-electron chi connectivity index (χ4n) is 2.97. The van der Waals surface area contributed by atoms with E-state index in [1.54, 1.807) is 0 Å². The standard InChI is InChI=1S/C22H36O/c1-3-5-6-7-8-9-10-11-12-13-20-14-16-21(17-15-20)18-19-22(23)4-2/h14-17H,3-13,18-19H2,1-2H3. The van der Waals surface area contributed by atoms with E-state index >= 15 is 0 Å². The molecule has 0 radical (unpaired) electrons. The minimum atomic E-state index is 0.365. The minimum absolute atomic E-state index is 0.365. The van der Waals surface area contributed by atoms with Crippen molar-refractivity contribution in [2.24, 2.45) is 0 Å². The lowest BCUT2D eigenvalue weighted by atomic mass is 10.0. The number of benzene rings is 1. The average Bonchev–Trinajstić information content (AvgIpc) is 2.59. The predicted octanol–water partition coefficient (Wildman–Crippen LogP) is 6.67. The topological polar surface area (TPSA) is 17.1 Å². The minimum Gasteiger partial charge on any atom is -0.300 e. The average molecular weight is 317 g/mol. The molecule has 0 aromatic heterocycles. The molecule has 0 aliphatic heterocycles. The van der Waals surface area contributed by atoms with Crippen LogP contribution >= 0.6 is 0 Å². The molecule has 0 heterocycles. The molecule has 23 heavy (non-hydrogen) atoms. The van der Waals surface area contributed by atoms with Crippen molar-refractivity contribution in [2.75, 3.05) is 0 Å². The van der Waals surface area contributed by atoms with Crippen LogP contribution in [-0.2, 0) is 17.6 Å². The van der Waals surface area contributed by atoms with Crippen LogP contribution in [0.4, 0.5) is 0 Å². The third-order valence-electron chi connectivity index (χ3n) is 4.68. The van der Waals surface area contributed by atoms with E-state index in [0.717, 1.165) is 6.42 Å². The van der Waals surface area contributed by atoms with Gasteiger partial charge in [-0.05, 0) is 30.4 Å². The third kappa shape index (κ3) is 10.3. The zero-order chi connectivity index (χ0) is 16.8. The fraction of sp³-hybridized carbons (Fsp3) is 0.682. The maximum Gasteiger partial charge on any atom is 0.132 e. The number of hydrogen-bond acceptors (Lipinski definition) is 1. The summed E-state index contributed by atoms with van der Waals surface area (Å²) in [6.07, 6.45) is 15.9. The first kappa shape index (κ1) is 19.9. The molecule has 130 valence electrons. The van der Waals surface area contributed by atoms with Gasteiger partial charge in [0.05, 0.1) is 0 Å². The van der Waals surface area contributed by atoms with E-state index in [1.165, 1.54) is 75.3 Å². The highest BCUT2D eigenvalue weighted by Gasteiger charge is 2.00. The Morgan fingerprint density at radius 2 is 1.17 bits per heavy atom. The highest BCUT2D eigenvalue weighted by molar-refractivity contribution is 5.78. The molecule has 1 aromatic rings. The maximum absolute atomic E-state index is 11.4. The van der Waals surface area contributed by atoms with Crippen LogP contribution in [0.25, 0.3) is 0 Å². The number of carbonyl (C=O) groups excluding carboxylic acids is 1. The van der Waals surface area contributed by atoms with Crippen LogP contribution in [0, 0.1) is 0 Å². The van der Waals surface area contributed by atoms with Gasteiger partial charge in [-0.25, -0.2) is 0 Å². The van der Waals surface area contributed by atoms with Gasteiger partial charge in [0.2, 0.25) is 0 Å².